The van der Waals surface area contributed by atoms with Crippen LogP contribution in [0.3, 0.4) is 0 Å². The lowest BCUT2D eigenvalue weighted by Crippen LogP contribution is -2.42. The standard InChI is InChI=1S/C23H47O8P/c1-5-7-8-9-10-11-12-13-14-15-16-17-18-19-20-29-21(6-2)30-23(3,28-4)31-22(24)32(25,26)27/h21H,5-20H2,1-4H3,(H2,25,26,27)/p-2. The molecule has 8 nitrogen and oxygen atoms in total. The van der Waals surface area contributed by atoms with E-state index in [0.717, 1.165) is 19.3 Å². The molecule has 9 heteroatoms. The summed E-state index contributed by atoms with van der Waals surface area (Å²) in [6.07, 6.45) is 17.5. The Kier molecular flexibility index (Phi) is 18.6. The Morgan fingerprint density at radius 1 is 0.844 bits per heavy atom. The fourth-order valence-corrected chi connectivity index (χ4v) is 3.59. The summed E-state index contributed by atoms with van der Waals surface area (Å²) in [5.74, 6) is -2.02. The Morgan fingerprint density at radius 2 is 1.28 bits per heavy atom. The molecule has 0 rings (SSSR count). The lowest BCUT2D eigenvalue weighted by Gasteiger charge is -2.35. The molecular formula is C23H45O8P-2. The average molecular weight is 481 g/mol. The molecule has 0 aliphatic carbocycles. The van der Waals surface area contributed by atoms with Crippen molar-refractivity contribution in [3.63, 3.8) is 0 Å². The number of rotatable bonds is 22. The number of unbranched alkanes of at least 4 members (excludes halogenated alkanes) is 13. The molecule has 0 saturated heterocycles. The highest BCUT2D eigenvalue weighted by atomic mass is 31.2. The smallest absolute Gasteiger partial charge is 0.338 e. The molecule has 0 bridgehead atoms. The molecule has 0 aliphatic rings. The van der Waals surface area contributed by atoms with Gasteiger partial charge in [0.2, 0.25) is 0 Å². The lowest BCUT2D eigenvalue weighted by atomic mass is 10.0. The van der Waals surface area contributed by atoms with Crippen LogP contribution in [0.5, 0.6) is 0 Å². The van der Waals surface area contributed by atoms with Gasteiger partial charge in [-0.05, 0) is 12.8 Å². The van der Waals surface area contributed by atoms with Crippen molar-refractivity contribution in [2.24, 2.45) is 0 Å². The van der Waals surface area contributed by atoms with Gasteiger partial charge in [-0.2, -0.15) is 0 Å². The molecule has 2 unspecified atom stereocenters. The molecule has 0 spiro atoms. The van der Waals surface area contributed by atoms with Gasteiger partial charge in [0, 0.05) is 28.2 Å². The molecule has 0 aromatic carbocycles. The molecule has 0 saturated carbocycles. The predicted molar refractivity (Wildman–Crippen MR) is 121 cm³/mol. The molecule has 2 atom stereocenters. The van der Waals surface area contributed by atoms with E-state index in [-0.39, 0.29) is 0 Å². The van der Waals surface area contributed by atoms with E-state index in [1.807, 2.05) is 0 Å². The van der Waals surface area contributed by atoms with Gasteiger partial charge in [0.15, 0.2) is 6.29 Å². The van der Waals surface area contributed by atoms with Crippen molar-refractivity contribution in [1.82, 2.24) is 0 Å². The zero-order chi connectivity index (χ0) is 24.3. The van der Waals surface area contributed by atoms with Crippen LogP contribution in [0.1, 0.15) is 117 Å². The van der Waals surface area contributed by atoms with Crippen molar-refractivity contribution in [3.05, 3.63) is 0 Å². The van der Waals surface area contributed by atoms with Crippen LogP contribution in [-0.4, -0.2) is 31.7 Å². The van der Waals surface area contributed by atoms with Crippen LogP contribution in [0.2, 0.25) is 0 Å². The van der Waals surface area contributed by atoms with Gasteiger partial charge in [-0.3, -0.25) is 4.74 Å². The predicted octanol–water partition coefficient (Wildman–Crippen LogP) is 5.61. The number of carbonyl (C=O) groups is 1. The fourth-order valence-electron chi connectivity index (χ4n) is 3.31. The van der Waals surface area contributed by atoms with Gasteiger partial charge in [0.05, 0.1) is 0 Å². The number of carbonyl (C=O) groups excluding carboxylic acids is 1. The maximum Gasteiger partial charge on any atom is 0.338 e. The second kappa shape index (κ2) is 18.9. The van der Waals surface area contributed by atoms with Crippen molar-refractivity contribution in [2.45, 2.75) is 129 Å². The SMILES string of the molecule is CCCCCCCCCCCCCCCCOC(CC)OC(C)(OC)OC(=O)P(=O)([O-])[O-]. The fraction of sp³-hybridized carbons (Fsp3) is 0.957. The van der Waals surface area contributed by atoms with Gasteiger partial charge >= 0.3 is 11.7 Å². The maximum atomic E-state index is 11.3. The highest BCUT2D eigenvalue weighted by molar-refractivity contribution is 7.66. The molecule has 0 aromatic heterocycles. The minimum atomic E-state index is -5.53. The van der Waals surface area contributed by atoms with Crippen LogP contribution < -0.4 is 9.79 Å². The summed E-state index contributed by atoms with van der Waals surface area (Å²) in [4.78, 5) is 32.8. The van der Waals surface area contributed by atoms with Gasteiger partial charge in [-0.25, -0.2) is 4.79 Å². The van der Waals surface area contributed by atoms with Crippen molar-refractivity contribution in [3.8, 4) is 0 Å². The number of hydrogen-bond donors (Lipinski definition) is 0. The second-order valence-electron chi connectivity index (χ2n) is 8.35. The molecule has 192 valence electrons. The minimum absolute atomic E-state index is 0.432. The quantitative estimate of drug-likeness (QED) is 0.111. The molecule has 0 fully saturated rings. The highest BCUT2D eigenvalue weighted by Crippen LogP contribution is 2.31. The van der Waals surface area contributed by atoms with E-state index in [1.54, 1.807) is 6.92 Å². The Balaban J connectivity index is 3.80. The summed E-state index contributed by atoms with van der Waals surface area (Å²) in [5.41, 5.74) is -1.93. The summed E-state index contributed by atoms with van der Waals surface area (Å²) in [5, 5.41) is 0. The largest absolute Gasteiger partial charge is 0.803 e. The first-order valence-corrected chi connectivity index (χ1v) is 13.8. The van der Waals surface area contributed by atoms with E-state index in [1.165, 1.54) is 84.7 Å². The van der Waals surface area contributed by atoms with Crippen LogP contribution in [0.15, 0.2) is 0 Å². The first kappa shape index (κ1) is 31.5. The van der Waals surface area contributed by atoms with E-state index in [2.05, 4.69) is 11.7 Å². The molecule has 0 heterocycles. The number of hydrogen-bond acceptors (Lipinski definition) is 8. The van der Waals surface area contributed by atoms with Gasteiger partial charge in [-0.1, -0.05) is 97.3 Å². The summed E-state index contributed by atoms with van der Waals surface area (Å²) >= 11 is 0. The minimum Gasteiger partial charge on any atom is -0.803 e. The van der Waals surface area contributed by atoms with Gasteiger partial charge in [0.1, 0.15) is 0 Å². The van der Waals surface area contributed by atoms with E-state index in [9.17, 15) is 19.1 Å². The van der Waals surface area contributed by atoms with Crippen LogP contribution in [-0.2, 0) is 23.5 Å². The van der Waals surface area contributed by atoms with Crippen molar-refractivity contribution in [2.75, 3.05) is 13.7 Å². The third kappa shape index (κ3) is 17.0. The van der Waals surface area contributed by atoms with Crippen molar-refractivity contribution >= 4 is 13.3 Å². The van der Waals surface area contributed by atoms with Crippen LogP contribution in [0, 0.1) is 0 Å². The van der Waals surface area contributed by atoms with Crippen molar-refractivity contribution < 1.29 is 38.1 Å². The Labute approximate surface area is 194 Å². The number of ether oxygens (including phenoxy) is 4. The third-order valence-corrected chi connectivity index (χ3v) is 5.89. The van der Waals surface area contributed by atoms with Gasteiger partial charge in [0.25, 0.3) is 0 Å². The first-order chi connectivity index (χ1) is 15.2. The van der Waals surface area contributed by atoms with E-state index >= 15 is 0 Å². The van der Waals surface area contributed by atoms with Crippen LogP contribution in [0.4, 0.5) is 4.79 Å². The average Bonchev–Trinajstić information content (AvgIpc) is 2.74. The van der Waals surface area contributed by atoms with E-state index in [4.69, 9.17) is 14.2 Å². The van der Waals surface area contributed by atoms with Crippen LogP contribution in [0.25, 0.3) is 0 Å². The Bertz CT molecular complexity index is 510. The molecular weight excluding hydrogens is 435 g/mol. The first-order valence-electron chi connectivity index (χ1n) is 12.3. The zero-order valence-corrected chi connectivity index (χ0v) is 21.5. The Hall–Kier alpha value is -0.500. The Morgan fingerprint density at radius 3 is 1.66 bits per heavy atom. The topological polar surface area (TPSA) is 117 Å². The second-order valence-corrected chi connectivity index (χ2v) is 9.71. The third-order valence-electron chi connectivity index (χ3n) is 5.35. The molecule has 0 N–H and O–H groups in total. The molecule has 32 heavy (non-hydrogen) atoms. The van der Waals surface area contributed by atoms with Gasteiger partial charge < -0.3 is 28.6 Å². The summed E-state index contributed by atoms with van der Waals surface area (Å²) < 4.78 is 31.3. The highest BCUT2D eigenvalue weighted by Gasteiger charge is 2.34. The summed E-state index contributed by atoms with van der Waals surface area (Å²) in [6, 6.07) is 0. The molecule has 0 radical (unpaired) electrons. The molecule has 0 aromatic rings. The molecule has 0 aliphatic heterocycles. The van der Waals surface area contributed by atoms with E-state index in [0.29, 0.717) is 13.0 Å². The van der Waals surface area contributed by atoms with Crippen molar-refractivity contribution in [1.29, 1.82) is 0 Å². The zero-order valence-electron chi connectivity index (χ0n) is 20.6. The van der Waals surface area contributed by atoms with E-state index < -0.39 is 25.6 Å². The van der Waals surface area contributed by atoms with Gasteiger partial charge in [-0.15, -0.1) is 0 Å². The molecule has 0 amide bonds. The lowest BCUT2D eigenvalue weighted by molar-refractivity contribution is -0.384. The number of methoxy groups -OCH3 is 1. The monoisotopic (exact) mass is 480 g/mol. The summed E-state index contributed by atoms with van der Waals surface area (Å²) in [6.45, 7) is 5.73. The maximum absolute atomic E-state index is 11.3. The summed E-state index contributed by atoms with van der Waals surface area (Å²) in [7, 11) is -4.36. The normalized spacial score (nSPS) is 14.8. The van der Waals surface area contributed by atoms with Crippen LogP contribution >= 0.6 is 7.60 Å².